The fourth-order valence-corrected chi connectivity index (χ4v) is 1.54. The van der Waals surface area contributed by atoms with Crippen molar-refractivity contribution in [3.05, 3.63) is 23.7 Å². The molecule has 2 heterocycles. The second-order valence-electron chi connectivity index (χ2n) is 3.16. The zero-order valence-electron chi connectivity index (χ0n) is 7.70. The number of hydrogen-bond acceptors (Lipinski definition) is 3. The standard InChI is InChI=1S/C9H12N4/c1-5-6(2)13-4-3-12-9(11)8(13)7(5)10/h3-4H,10H2,1-2H3,(H2,11,12). The van der Waals surface area contributed by atoms with Gasteiger partial charge in [0.15, 0.2) is 0 Å². The first kappa shape index (κ1) is 7.91. The summed E-state index contributed by atoms with van der Waals surface area (Å²) < 4.78 is 1.97. The summed E-state index contributed by atoms with van der Waals surface area (Å²) in [6.45, 7) is 4.00. The van der Waals surface area contributed by atoms with Gasteiger partial charge in [0.25, 0.3) is 0 Å². The van der Waals surface area contributed by atoms with Crippen LogP contribution in [0.25, 0.3) is 5.52 Å². The molecule has 0 saturated heterocycles. The van der Waals surface area contributed by atoms with Gasteiger partial charge in [-0.3, -0.25) is 0 Å². The van der Waals surface area contributed by atoms with Gasteiger partial charge < -0.3 is 15.9 Å². The van der Waals surface area contributed by atoms with E-state index < -0.39 is 0 Å². The quantitative estimate of drug-likeness (QED) is 0.631. The zero-order chi connectivity index (χ0) is 9.59. The van der Waals surface area contributed by atoms with E-state index in [4.69, 9.17) is 11.5 Å². The molecule has 4 N–H and O–H groups in total. The molecule has 0 aliphatic carbocycles. The van der Waals surface area contributed by atoms with E-state index in [1.165, 1.54) is 0 Å². The molecule has 0 amide bonds. The number of nitrogens with two attached hydrogens (primary N) is 2. The SMILES string of the molecule is Cc1c(N)c2c(N)nccn2c1C. The van der Waals surface area contributed by atoms with Gasteiger partial charge in [0, 0.05) is 18.1 Å². The number of nitrogen functional groups attached to an aromatic ring is 2. The van der Waals surface area contributed by atoms with E-state index in [-0.39, 0.29) is 0 Å². The number of rotatable bonds is 0. The second kappa shape index (κ2) is 2.39. The Bertz CT molecular complexity index is 470. The molecule has 0 aliphatic heterocycles. The Morgan fingerprint density at radius 1 is 1.31 bits per heavy atom. The monoisotopic (exact) mass is 176 g/mol. The molecule has 0 atom stereocenters. The fourth-order valence-electron chi connectivity index (χ4n) is 1.54. The van der Waals surface area contributed by atoms with Crippen LogP contribution in [0, 0.1) is 13.8 Å². The van der Waals surface area contributed by atoms with Gasteiger partial charge in [-0.2, -0.15) is 0 Å². The molecule has 13 heavy (non-hydrogen) atoms. The van der Waals surface area contributed by atoms with Crippen molar-refractivity contribution in [3.8, 4) is 0 Å². The maximum Gasteiger partial charge on any atom is 0.149 e. The molecule has 0 unspecified atom stereocenters. The van der Waals surface area contributed by atoms with Gasteiger partial charge in [0.05, 0.1) is 5.69 Å². The number of fused-ring (bicyclic) bond motifs is 1. The highest BCUT2D eigenvalue weighted by molar-refractivity contribution is 5.84. The molecule has 4 nitrogen and oxygen atoms in total. The maximum absolute atomic E-state index is 5.90. The molecule has 2 rings (SSSR count). The Kier molecular flexibility index (Phi) is 1.45. The van der Waals surface area contributed by atoms with Crippen LogP contribution in [-0.2, 0) is 0 Å². The highest BCUT2D eigenvalue weighted by atomic mass is 15.0. The van der Waals surface area contributed by atoms with Crippen LogP contribution < -0.4 is 11.5 Å². The molecule has 0 bridgehead atoms. The smallest absolute Gasteiger partial charge is 0.149 e. The van der Waals surface area contributed by atoms with Gasteiger partial charge in [-0.05, 0) is 19.4 Å². The lowest BCUT2D eigenvalue weighted by atomic mass is 10.2. The predicted octanol–water partition coefficient (Wildman–Crippen LogP) is 1.12. The number of aryl methyl sites for hydroxylation is 1. The van der Waals surface area contributed by atoms with Crippen molar-refractivity contribution in [1.29, 1.82) is 0 Å². The number of nitrogens with zero attached hydrogens (tertiary/aromatic N) is 2. The van der Waals surface area contributed by atoms with Crippen molar-refractivity contribution in [3.63, 3.8) is 0 Å². The average molecular weight is 176 g/mol. The van der Waals surface area contributed by atoms with E-state index in [0.29, 0.717) is 5.82 Å². The summed E-state index contributed by atoms with van der Waals surface area (Å²) in [5.74, 6) is 0.483. The minimum atomic E-state index is 0.483. The Hall–Kier alpha value is -1.71. The van der Waals surface area contributed by atoms with Gasteiger partial charge in [0.1, 0.15) is 11.3 Å². The van der Waals surface area contributed by atoms with Gasteiger partial charge >= 0.3 is 0 Å². The highest BCUT2D eigenvalue weighted by Crippen LogP contribution is 2.27. The summed E-state index contributed by atoms with van der Waals surface area (Å²) in [7, 11) is 0. The van der Waals surface area contributed by atoms with Gasteiger partial charge in [0.2, 0.25) is 0 Å². The number of hydrogen-bond donors (Lipinski definition) is 2. The van der Waals surface area contributed by atoms with Crippen molar-refractivity contribution in [2.24, 2.45) is 0 Å². The summed E-state index contributed by atoms with van der Waals surface area (Å²) in [6.07, 6.45) is 3.54. The zero-order valence-corrected chi connectivity index (χ0v) is 7.70. The van der Waals surface area contributed by atoms with Gasteiger partial charge in [-0.1, -0.05) is 0 Å². The van der Waals surface area contributed by atoms with E-state index in [1.54, 1.807) is 6.20 Å². The molecule has 4 heteroatoms. The molecule has 68 valence electrons. The molecular formula is C9H12N4. The summed E-state index contributed by atoms with van der Waals surface area (Å²) in [4.78, 5) is 4.00. The number of aromatic nitrogens is 2. The molecule has 0 aliphatic rings. The van der Waals surface area contributed by atoms with Crippen molar-refractivity contribution in [2.75, 3.05) is 11.5 Å². The van der Waals surface area contributed by atoms with Crippen molar-refractivity contribution in [1.82, 2.24) is 9.38 Å². The molecule has 0 saturated carbocycles. The van der Waals surface area contributed by atoms with Crippen LogP contribution in [0.2, 0.25) is 0 Å². The molecule has 2 aromatic rings. The summed E-state index contributed by atoms with van der Waals surface area (Å²) in [5.41, 5.74) is 15.4. The van der Waals surface area contributed by atoms with Crippen molar-refractivity contribution in [2.45, 2.75) is 13.8 Å². The van der Waals surface area contributed by atoms with Crippen molar-refractivity contribution >= 4 is 17.0 Å². The second-order valence-corrected chi connectivity index (χ2v) is 3.16. The lowest BCUT2D eigenvalue weighted by Gasteiger charge is -1.99. The highest BCUT2D eigenvalue weighted by Gasteiger charge is 2.11. The minimum absolute atomic E-state index is 0.483. The van der Waals surface area contributed by atoms with Gasteiger partial charge in [-0.15, -0.1) is 0 Å². The van der Waals surface area contributed by atoms with Crippen LogP contribution in [0.3, 0.4) is 0 Å². The maximum atomic E-state index is 5.90. The molecular weight excluding hydrogens is 164 g/mol. The molecule has 2 aromatic heterocycles. The molecule has 0 spiro atoms. The summed E-state index contributed by atoms with van der Waals surface area (Å²) in [6, 6.07) is 0. The van der Waals surface area contributed by atoms with E-state index in [0.717, 1.165) is 22.5 Å². The van der Waals surface area contributed by atoms with Crippen LogP contribution >= 0.6 is 0 Å². The third-order valence-electron chi connectivity index (χ3n) is 2.48. The van der Waals surface area contributed by atoms with Crippen LogP contribution in [0.4, 0.5) is 11.5 Å². The fraction of sp³-hybridized carbons (Fsp3) is 0.222. The lowest BCUT2D eigenvalue weighted by Crippen LogP contribution is -1.97. The van der Waals surface area contributed by atoms with E-state index in [1.807, 2.05) is 24.4 Å². The minimum Gasteiger partial charge on any atom is -0.397 e. The molecule has 0 fully saturated rings. The van der Waals surface area contributed by atoms with Crippen LogP contribution in [0.5, 0.6) is 0 Å². The molecule has 0 radical (unpaired) electrons. The van der Waals surface area contributed by atoms with Crippen molar-refractivity contribution < 1.29 is 0 Å². The summed E-state index contributed by atoms with van der Waals surface area (Å²) >= 11 is 0. The lowest BCUT2D eigenvalue weighted by molar-refractivity contribution is 1.07. The predicted molar refractivity (Wildman–Crippen MR) is 53.5 cm³/mol. The average Bonchev–Trinajstić information content (AvgIpc) is 2.33. The Balaban J connectivity index is 3.03. The van der Waals surface area contributed by atoms with E-state index in [2.05, 4.69) is 4.98 Å². The number of anilines is 2. The van der Waals surface area contributed by atoms with E-state index in [9.17, 15) is 0 Å². The van der Waals surface area contributed by atoms with E-state index >= 15 is 0 Å². The third-order valence-corrected chi connectivity index (χ3v) is 2.48. The topological polar surface area (TPSA) is 69.3 Å². The first-order valence-corrected chi connectivity index (χ1v) is 4.10. The van der Waals surface area contributed by atoms with Crippen LogP contribution in [-0.4, -0.2) is 9.38 Å². The molecule has 0 aromatic carbocycles. The third kappa shape index (κ3) is 0.884. The first-order chi connectivity index (χ1) is 6.13. The van der Waals surface area contributed by atoms with Crippen LogP contribution in [0.1, 0.15) is 11.3 Å². The van der Waals surface area contributed by atoms with Gasteiger partial charge in [-0.25, -0.2) is 4.98 Å². The Morgan fingerprint density at radius 3 is 2.62 bits per heavy atom. The van der Waals surface area contributed by atoms with Crippen LogP contribution in [0.15, 0.2) is 12.4 Å². The Morgan fingerprint density at radius 2 is 2.00 bits per heavy atom. The first-order valence-electron chi connectivity index (χ1n) is 4.10. The Labute approximate surface area is 76.2 Å². The normalized spacial score (nSPS) is 10.9. The largest absolute Gasteiger partial charge is 0.397 e. The summed E-state index contributed by atoms with van der Waals surface area (Å²) in [5, 5.41) is 0.